The number of aromatic nitrogens is 3. The minimum Gasteiger partial charge on any atom is -0.296 e. The van der Waals surface area contributed by atoms with E-state index in [2.05, 4.69) is 56.3 Å². The lowest BCUT2D eigenvalue weighted by Crippen LogP contribution is -2.32. The van der Waals surface area contributed by atoms with Gasteiger partial charge in [-0.3, -0.25) is 4.57 Å². The minimum atomic E-state index is -0.0514. The zero-order chi connectivity index (χ0) is 12.6. The summed E-state index contributed by atoms with van der Waals surface area (Å²) in [5.74, 6) is 0.958. The lowest BCUT2D eigenvalue weighted by Gasteiger charge is -2.34. The molecule has 0 spiro atoms. The van der Waals surface area contributed by atoms with E-state index < -0.39 is 0 Å². The first kappa shape index (κ1) is 13.5. The van der Waals surface area contributed by atoms with Gasteiger partial charge in [-0.2, -0.15) is 0 Å². The second kappa shape index (κ2) is 4.36. The Morgan fingerprint density at radius 3 is 2.12 bits per heavy atom. The molecule has 0 aliphatic carbocycles. The first-order chi connectivity index (χ1) is 7.17. The maximum absolute atomic E-state index is 6.13. The highest BCUT2D eigenvalue weighted by molar-refractivity contribution is 6.28. The Bertz CT molecular complexity index is 361. The van der Waals surface area contributed by atoms with Gasteiger partial charge in [-0.15, -0.1) is 10.2 Å². The Labute approximate surface area is 103 Å². The fraction of sp³-hybridized carbons (Fsp3) is 0.833. The molecule has 0 saturated carbocycles. The van der Waals surface area contributed by atoms with Crippen molar-refractivity contribution in [1.29, 1.82) is 0 Å². The molecule has 0 N–H and O–H groups in total. The van der Waals surface area contributed by atoms with Crippen LogP contribution in [0.15, 0.2) is 0 Å². The SMILES string of the molecule is CCc1nnc(Cl)n1C(C)(C)CC(C)(C)C. The van der Waals surface area contributed by atoms with Crippen LogP contribution in [0.3, 0.4) is 0 Å². The average Bonchev–Trinajstić information content (AvgIpc) is 2.42. The van der Waals surface area contributed by atoms with Crippen LogP contribution in [0.1, 0.15) is 53.8 Å². The van der Waals surface area contributed by atoms with Gasteiger partial charge in [-0.05, 0) is 37.3 Å². The Morgan fingerprint density at radius 2 is 1.69 bits per heavy atom. The maximum atomic E-state index is 6.13. The zero-order valence-electron chi connectivity index (χ0n) is 11.1. The zero-order valence-corrected chi connectivity index (χ0v) is 11.9. The standard InChI is InChI=1S/C12H22ClN3/c1-7-9-14-15-10(13)16(9)12(5,6)8-11(2,3)4/h7-8H2,1-6H3. The van der Waals surface area contributed by atoms with Crippen molar-refractivity contribution in [2.75, 3.05) is 0 Å². The van der Waals surface area contributed by atoms with Crippen LogP contribution in [-0.4, -0.2) is 14.8 Å². The van der Waals surface area contributed by atoms with Crippen LogP contribution in [0.4, 0.5) is 0 Å². The molecule has 0 aliphatic rings. The van der Waals surface area contributed by atoms with Crippen molar-refractivity contribution in [3.63, 3.8) is 0 Å². The first-order valence-electron chi connectivity index (χ1n) is 5.77. The quantitative estimate of drug-likeness (QED) is 0.811. The van der Waals surface area contributed by atoms with Gasteiger partial charge in [0, 0.05) is 12.0 Å². The van der Waals surface area contributed by atoms with Crippen LogP contribution < -0.4 is 0 Å². The molecule has 0 atom stereocenters. The van der Waals surface area contributed by atoms with Crippen molar-refractivity contribution in [2.45, 2.75) is 59.9 Å². The summed E-state index contributed by atoms with van der Waals surface area (Å²) in [5.41, 5.74) is 0.201. The summed E-state index contributed by atoms with van der Waals surface area (Å²) in [6, 6.07) is 0. The largest absolute Gasteiger partial charge is 0.296 e. The normalized spacial score (nSPS) is 13.2. The van der Waals surface area contributed by atoms with Gasteiger partial charge in [0.2, 0.25) is 5.28 Å². The van der Waals surface area contributed by atoms with E-state index in [1.54, 1.807) is 0 Å². The van der Waals surface area contributed by atoms with E-state index in [4.69, 9.17) is 11.6 Å². The molecule has 1 heterocycles. The van der Waals surface area contributed by atoms with E-state index in [1.807, 2.05) is 0 Å². The number of nitrogens with zero attached hydrogens (tertiary/aromatic N) is 3. The number of rotatable bonds is 3. The van der Waals surface area contributed by atoms with Gasteiger partial charge in [0.15, 0.2) is 0 Å². The molecule has 3 nitrogen and oxygen atoms in total. The summed E-state index contributed by atoms with van der Waals surface area (Å²) in [5, 5.41) is 8.57. The highest BCUT2D eigenvalue weighted by Crippen LogP contribution is 2.34. The topological polar surface area (TPSA) is 30.7 Å². The molecule has 0 radical (unpaired) electrons. The molecule has 0 aliphatic heterocycles. The van der Waals surface area contributed by atoms with Crippen LogP contribution in [-0.2, 0) is 12.0 Å². The third-order valence-corrected chi connectivity index (χ3v) is 2.82. The van der Waals surface area contributed by atoms with E-state index in [0.717, 1.165) is 18.7 Å². The van der Waals surface area contributed by atoms with E-state index in [9.17, 15) is 0 Å². The van der Waals surface area contributed by atoms with Crippen LogP contribution in [0.2, 0.25) is 5.28 Å². The number of halogens is 1. The van der Waals surface area contributed by atoms with Crippen molar-refractivity contribution in [3.05, 3.63) is 11.1 Å². The third-order valence-electron chi connectivity index (χ3n) is 2.58. The van der Waals surface area contributed by atoms with Gasteiger partial charge >= 0.3 is 0 Å². The van der Waals surface area contributed by atoms with E-state index >= 15 is 0 Å². The van der Waals surface area contributed by atoms with Crippen molar-refractivity contribution in [1.82, 2.24) is 14.8 Å². The summed E-state index contributed by atoms with van der Waals surface area (Å²) in [7, 11) is 0. The number of hydrogen-bond donors (Lipinski definition) is 0. The van der Waals surface area contributed by atoms with Crippen LogP contribution in [0.25, 0.3) is 0 Å². The predicted octanol–water partition coefficient (Wildman–Crippen LogP) is 3.67. The van der Waals surface area contributed by atoms with Gasteiger partial charge in [0.1, 0.15) is 5.82 Å². The molecule has 1 aromatic rings. The summed E-state index contributed by atoms with van der Waals surface area (Å²) >= 11 is 6.13. The maximum Gasteiger partial charge on any atom is 0.225 e. The monoisotopic (exact) mass is 243 g/mol. The first-order valence-corrected chi connectivity index (χ1v) is 6.15. The summed E-state index contributed by atoms with van der Waals surface area (Å²) in [6.07, 6.45) is 1.89. The molecule has 1 aromatic heterocycles. The Morgan fingerprint density at radius 1 is 1.12 bits per heavy atom. The van der Waals surface area contributed by atoms with Gasteiger partial charge < -0.3 is 0 Å². The number of hydrogen-bond acceptors (Lipinski definition) is 2. The van der Waals surface area contributed by atoms with E-state index in [-0.39, 0.29) is 11.0 Å². The van der Waals surface area contributed by atoms with Gasteiger partial charge in [-0.25, -0.2) is 0 Å². The molecule has 0 unspecified atom stereocenters. The second-order valence-electron chi connectivity index (χ2n) is 6.12. The lowest BCUT2D eigenvalue weighted by atomic mass is 9.81. The highest BCUT2D eigenvalue weighted by Gasteiger charge is 2.30. The molecule has 0 saturated heterocycles. The van der Waals surface area contributed by atoms with Gasteiger partial charge in [-0.1, -0.05) is 27.7 Å². The Balaban J connectivity index is 3.10. The van der Waals surface area contributed by atoms with E-state index in [0.29, 0.717) is 5.28 Å². The Hall–Kier alpha value is -0.570. The molecule has 0 amide bonds. The predicted molar refractivity (Wildman–Crippen MR) is 67.8 cm³/mol. The third kappa shape index (κ3) is 2.97. The fourth-order valence-corrected chi connectivity index (χ4v) is 2.86. The smallest absolute Gasteiger partial charge is 0.225 e. The van der Waals surface area contributed by atoms with E-state index in [1.165, 1.54) is 0 Å². The summed E-state index contributed by atoms with van der Waals surface area (Å²) < 4.78 is 2.06. The molecule has 0 fully saturated rings. The van der Waals surface area contributed by atoms with Crippen LogP contribution >= 0.6 is 11.6 Å². The average molecular weight is 244 g/mol. The molecular weight excluding hydrogens is 222 g/mol. The van der Waals surface area contributed by atoms with Crippen molar-refractivity contribution in [3.8, 4) is 0 Å². The second-order valence-corrected chi connectivity index (χ2v) is 6.46. The fourth-order valence-electron chi connectivity index (χ4n) is 2.50. The molecule has 16 heavy (non-hydrogen) atoms. The van der Waals surface area contributed by atoms with Crippen LogP contribution in [0.5, 0.6) is 0 Å². The highest BCUT2D eigenvalue weighted by atomic mass is 35.5. The van der Waals surface area contributed by atoms with Crippen LogP contribution in [0, 0.1) is 5.41 Å². The van der Waals surface area contributed by atoms with Crippen molar-refractivity contribution >= 4 is 11.6 Å². The summed E-state index contributed by atoms with van der Waals surface area (Å²) in [6.45, 7) is 13.2. The molecule has 0 aromatic carbocycles. The molecule has 0 bridgehead atoms. The number of aryl methyl sites for hydroxylation is 1. The van der Waals surface area contributed by atoms with Crippen molar-refractivity contribution in [2.24, 2.45) is 5.41 Å². The Kier molecular flexibility index (Phi) is 3.68. The minimum absolute atomic E-state index is 0.0514. The molecule has 1 rings (SSSR count). The molecular formula is C12H22ClN3. The van der Waals surface area contributed by atoms with Crippen molar-refractivity contribution < 1.29 is 0 Å². The molecule has 4 heteroatoms. The lowest BCUT2D eigenvalue weighted by molar-refractivity contribution is 0.210. The van der Waals surface area contributed by atoms with Gasteiger partial charge in [0.05, 0.1) is 0 Å². The molecule has 92 valence electrons. The van der Waals surface area contributed by atoms with Gasteiger partial charge in [0.25, 0.3) is 0 Å². The summed E-state index contributed by atoms with van der Waals surface area (Å²) in [4.78, 5) is 0.